The van der Waals surface area contributed by atoms with Crippen LogP contribution >= 0.6 is 0 Å². The quantitative estimate of drug-likeness (QED) is 0.373. The van der Waals surface area contributed by atoms with Crippen LogP contribution in [0.15, 0.2) is 0 Å². The Morgan fingerprint density at radius 2 is 1.18 bits per heavy atom. The highest BCUT2D eigenvalue weighted by Crippen LogP contribution is 2.40. The lowest BCUT2D eigenvalue weighted by Gasteiger charge is -2.42. The van der Waals surface area contributed by atoms with Gasteiger partial charge in [0.15, 0.2) is 0 Å². The van der Waals surface area contributed by atoms with Crippen LogP contribution in [0.1, 0.15) is 111 Å². The van der Waals surface area contributed by atoms with Crippen molar-refractivity contribution in [1.82, 2.24) is 14.7 Å². The molecule has 0 spiro atoms. The van der Waals surface area contributed by atoms with Gasteiger partial charge in [0.05, 0.1) is 6.10 Å². The molecule has 0 radical (unpaired) electrons. The average molecular weight is 532 g/mol. The third kappa shape index (κ3) is 8.67. The molecular formula is C33H61N3O2. The number of aliphatic hydroxyl groups excluding tert-OH is 1. The molecule has 0 aromatic carbocycles. The summed E-state index contributed by atoms with van der Waals surface area (Å²) >= 11 is 0. The minimum atomic E-state index is -0.0494. The van der Waals surface area contributed by atoms with Crippen molar-refractivity contribution in [3.8, 4) is 0 Å². The molecular weight excluding hydrogens is 470 g/mol. The van der Waals surface area contributed by atoms with Gasteiger partial charge in [-0.1, -0.05) is 26.7 Å². The highest BCUT2D eigenvalue weighted by atomic mass is 16.3. The molecule has 2 saturated carbocycles. The summed E-state index contributed by atoms with van der Waals surface area (Å²) in [7, 11) is 2.26. The smallest absolute Gasteiger partial charge is 0.219 e. The van der Waals surface area contributed by atoms with Gasteiger partial charge in [0.2, 0.25) is 5.91 Å². The summed E-state index contributed by atoms with van der Waals surface area (Å²) in [5.74, 6) is 5.25. The number of hydrogen-bond acceptors (Lipinski definition) is 4. The van der Waals surface area contributed by atoms with E-state index in [9.17, 15) is 9.90 Å². The minimum absolute atomic E-state index is 0.0494. The van der Waals surface area contributed by atoms with Crippen molar-refractivity contribution in [2.24, 2.45) is 35.5 Å². The first-order valence-corrected chi connectivity index (χ1v) is 16.7. The number of carbonyl (C=O) groups is 1. The van der Waals surface area contributed by atoms with Crippen molar-refractivity contribution in [1.29, 1.82) is 0 Å². The number of nitrogens with zero attached hydrogens (tertiary/aromatic N) is 3. The Morgan fingerprint density at radius 1 is 0.684 bits per heavy atom. The summed E-state index contributed by atoms with van der Waals surface area (Å²) in [4.78, 5) is 19.0. The summed E-state index contributed by atoms with van der Waals surface area (Å²) in [6.07, 6.45) is 18.1. The fourth-order valence-corrected chi connectivity index (χ4v) is 8.62. The van der Waals surface area contributed by atoms with E-state index in [0.717, 1.165) is 67.5 Å². The largest absolute Gasteiger partial charge is 0.393 e. The Kier molecular flexibility index (Phi) is 11.8. The summed E-state index contributed by atoms with van der Waals surface area (Å²) in [5.41, 5.74) is 0. The van der Waals surface area contributed by atoms with E-state index in [1.54, 1.807) is 6.92 Å². The predicted octanol–water partition coefficient (Wildman–Crippen LogP) is 6.05. The third-order valence-corrected chi connectivity index (χ3v) is 11.8. The van der Waals surface area contributed by atoms with Crippen LogP contribution < -0.4 is 0 Å². The first-order chi connectivity index (χ1) is 18.3. The molecule has 2 aliphatic carbocycles. The highest BCUT2D eigenvalue weighted by Gasteiger charge is 2.32. The number of aliphatic hydroxyl groups is 1. The molecule has 5 heteroatoms. The van der Waals surface area contributed by atoms with Crippen LogP contribution in [0, 0.1) is 35.5 Å². The number of rotatable bonds is 10. The van der Waals surface area contributed by atoms with Gasteiger partial charge in [-0.15, -0.1) is 0 Å². The van der Waals surface area contributed by atoms with Crippen LogP contribution in [0.25, 0.3) is 0 Å². The van der Waals surface area contributed by atoms with Crippen molar-refractivity contribution in [3.63, 3.8) is 0 Å². The van der Waals surface area contributed by atoms with Gasteiger partial charge in [0, 0.05) is 52.2 Å². The maximum absolute atomic E-state index is 11.7. The molecule has 38 heavy (non-hydrogen) atoms. The monoisotopic (exact) mass is 531 g/mol. The number of hydrogen-bond donors (Lipinski definition) is 1. The van der Waals surface area contributed by atoms with Crippen molar-refractivity contribution in [2.75, 3.05) is 46.3 Å². The number of likely N-dealkylation sites (tertiary alicyclic amines) is 1. The molecule has 0 aromatic rings. The van der Waals surface area contributed by atoms with E-state index in [1.807, 2.05) is 4.90 Å². The van der Waals surface area contributed by atoms with Crippen LogP contribution in [0.5, 0.6) is 0 Å². The number of carbonyl (C=O) groups excluding carboxylic acids is 1. The van der Waals surface area contributed by atoms with Gasteiger partial charge in [0.1, 0.15) is 0 Å². The molecule has 2 aliphatic heterocycles. The predicted molar refractivity (Wildman–Crippen MR) is 158 cm³/mol. The van der Waals surface area contributed by atoms with Crippen LogP contribution in [0.3, 0.4) is 0 Å². The summed E-state index contributed by atoms with van der Waals surface area (Å²) in [6.45, 7) is 13.7. The molecule has 220 valence electrons. The molecule has 3 atom stereocenters. The second-order valence-electron chi connectivity index (χ2n) is 14.2. The number of piperazine rings is 1. The topological polar surface area (TPSA) is 47.0 Å². The van der Waals surface area contributed by atoms with Crippen LogP contribution in [-0.4, -0.2) is 84.2 Å². The Bertz CT molecular complexity index is 684. The van der Waals surface area contributed by atoms with Gasteiger partial charge in [-0.2, -0.15) is 0 Å². The third-order valence-electron chi connectivity index (χ3n) is 11.8. The molecule has 4 fully saturated rings. The molecule has 1 N–H and O–H groups in total. The van der Waals surface area contributed by atoms with E-state index in [2.05, 4.69) is 30.7 Å². The molecule has 2 heterocycles. The van der Waals surface area contributed by atoms with Crippen molar-refractivity contribution in [2.45, 2.75) is 123 Å². The van der Waals surface area contributed by atoms with E-state index in [1.165, 1.54) is 103 Å². The zero-order chi connectivity index (χ0) is 27.1. The minimum Gasteiger partial charge on any atom is -0.393 e. The zero-order valence-electron chi connectivity index (χ0n) is 25.5. The standard InChI is InChI=1S/C33H61N3O2/c1-25(28-9-13-32(14-10-28)36-23-21-34(4)22-24-36)5-7-30(31-11-15-33(38)16-12-31)8-6-26(2)29-17-19-35(20-18-29)27(3)37/h25-26,28-33,38H,5-24H2,1-4H3. The second-order valence-corrected chi connectivity index (χ2v) is 14.2. The van der Waals surface area contributed by atoms with Crippen molar-refractivity contribution < 1.29 is 9.90 Å². The van der Waals surface area contributed by atoms with Gasteiger partial charge in [-0.25, -0.2) is 0 Å². The Labute approximate surface area is 235 Å². The van der Waals surface area contributed by atoms with Crippen LogP contribution in [0.2, 0.25) is 0 Å². The summed E-state index contributed by atoms with van der Waals surface area (Å²) in [5, 5.41) is 10.1. The van der Waals surface area contributed by atoms with Gasteiger partial charge >= 0.3 is 0 Å². The van der Waals surface area contributed by atoms with Gasteiger partial charge in [0.25, 0.3) is 0 Å². The summed E-state index contributed by atoms with van der Waals surface area (Å²) in [6, 6.07) is 0.845. The molecule has 3 unspecified atom stereocenters. The van der Waals surface area contributed by atoms with Crippen LogP contribution in [0.4, 0.5) is 0 Å². The summed E-state index contributed by atoms with van der Waals surface area (Å²) < 4.78 is 0. The van der Waals surface area contributed by atoms with Crippen LogP contribution in [-0.2, 0) is 4.79 Å². The Balaban J connectivity index is 1.22. The lowest BCUT2D eigenvalue weighted by Crippen LogP contribution is -2.50. The number of amides is 1. The van der Waals surface area contributed by atoms with E-state index in [4.69, 9.17) is 0 Å². The van der Waals surface area contributed by atoms with Gasteiger partial charge in [-0.05, 0) is 120 Å². The number of piperidine rings is 1. The normalized spacial score (nSPS) is 33.1. The molecule has 0 aromatic heterocycles. The number of likely N-dealkylation sites (N-methyl/N-ethyl adjacent to an activating group) is 1. The Hall–Kier alpha value is -0.650. The second kappa shape index (κ2) is 14.8. The average Bonchev–Trinajstić information content (AvgIpc) is 2.94. The first kappa shape index (κ1) is 30.3. The van der Waals surface area contributed by atoms with Gasteiger partial charge < -0.3 is 14.9 Å². The highest BCUT2D eigenvalue weighted by molar-refractivity contribution is 5.73. The maximum atomic E-state index is 11.7. The van der Waals surface area contributed by atoms with E-state index < -0.39 is 0 Å². The lowest BCUT2D eigenvalue weighted by molar-refractivity contribution is -0.130. The van der Waals surface area contributed by atoms with E-state index in [-0.39, 0.29) is 12.0 Å². The molecule has 1 amide bonds. The Morgan fingerprint density at radius 3 is 1.71 bits per heavy atom. The lowest BCUT2D eigenvalue weighted by atomic mass is 9.71. The van der Waals surface area contributed by atoms with E-state index in [0.29, 0.717) is 0 Å². The van der Waals surface area contributed by atoms with Crippen molar-refractivity contribution in [3.05, 3.63) is 0 Å². The van der Waals surface area contributed by atoms with Gasteiger partial charge in [-0.3, -0.25) is 9.69 Å². The van der Waals surface area contributed by atoms with E-state index >= 15 is 0 Å². The molecule has 2 saturated heterocycles. The zero-order valence-corrected chi connectivity index (χ0v) is 25.5. The fourth-order valence-electron chi connectivity index (χ4n) is 8.62. The molecule has 4 aliphatic rings. The SMILES string of the molecule is CC(=O)N1CCC(C(C)CCC(CCC(C)C2CCC(N3CCN(C)CC3)CC2)C2CCC(O)CC2)CC1. The van der Waals surface area contributed by atoms with Crippen molar-refractivity contribution >= 4 is 5.91 Å². The first-order valence-electron chi connectivity index (χ1n) is 16.7. The maximum Gasteiger partial charge on any atom is 0.219 e. The molecule has 4 rings (SSSR count). The molecule has 0 bridgehead atoms. The molecule has 5 nitrogen and oxygen atoms in total. The fraction of sp³-hybridized carbons (Fsp3) is 0.970.